The number of likely N-dealkylation sites (N-methyl/N-ethyl adjacent to an activating group) is 1. The van der Waals surface area contributed by atoms with E-state index in [1.807, 2.05) is 49.6 Å². The van der Waals surface area contributed by atoms with Crippen molar-refractivity contribution in [1.29, 1.82) is 0 Å². The van der Waals surface area contributed by atoms with Crippen LogP contribution in [-0.2, 0) is 18.4 Å². The molecular formula is C20H26N4O. The summed E-state index contributed by atoms with van der Waals surface area (Å²) >= 11 is 0. The quantitative estimate of drug-likeness (QED) is 0.863. The average Bonchev–Trinajstić information content (AvgIpc) is 3.15. The second kappa shape index (κ2) is 6.30. The first-order valence-corrected chi connectivity index (χ1v) is 9.10. The van der Waals surface area contributed by atoms with Crippen LogP contribution in [0.3, 0.4) is 0 Å². The van der Waals surface area contributed by atoms with Gasteiger partial charge >= 0.3 is 0 Å². The van der Waals surface area contributed by atoms with E-state index in [-0.39, 0.29) is 17.4 Å². The monoisotopic (exact) mass is 338 g/mol. The van der Waals surface area contributed by atoms with Gasteiger partial charge in [-0.2, -0.15) is 0 Å². The number of rotatable bonds is 3. The topological polar surface area (TPSA) is 41.4 Å². The normalized spacial score (nSPS) is 23.5. The molecule has 0 N–H and O–H groups in total. The van der Waals surface area contributed by atoms with Gasteiger partial charge in [0.25, 0.3) is 0 Å². The van der Waals surface area contributed by atoms with E-state index in [1.165, 1.54) is 0 Å². The Hall–Kier alpha value is -2.14. The molecule has 0 aliphatic carbocycles. The summed E-state index contributed by atoms with van der Waals surface area (Å²) in [5.74, 6) is 1.41. The molecular weight excluding hydrogens is 312 g/mol. The van der Waals surface area contributed by atoms with E-state index in [0.717, 1.165) is 50.3 Å². The van der Waals surface area contributed by atoms with Crippen LogP contribution in [0, 0.1) is 0 Å². The first-order chi connectivity index (χ1) is 12.1. The first kappa shape index (κ1) is 16.3. The van der Waals surface area contributed by atoms with Crippen LogP contribution in [0.2, 0.25) is 0 Å². The van der Waals surface area contributed by atoms with E-state index in [1.54, 1.807) is 0 Å². The molecule has 2 aliphatic rings. The van der Waals surface area contributed by atoms with Gasteiger partial charge in [0.05, 0.1) is 12.5 Å². The maximum atomic E-state index is 12.9. The first-order valence-electron chi connectivity index (χ1n) is 9.10. The Morgan fingerprint density at radius 2 is 1.88 bits per heavy atom. The number of hydrogen-bond donors (Lipinski definition) is 0. The molecule has 1 unspecified atom stereocenters. The predicted molar refractivity (Wildman–Crippen MR) is 97.0 cm³/mol. The molecule has 0 radical (unpaired) electrons. The zero-order chi connectivity index (χ0) is 17.4. The average molecular weight is 338 g/mol. The number of aryl methyl sites for hydroxylation is 1. The summed E-state index contributed by atoms with van der Waals surface area (Å²) < 4.78 is 2.08. The Morgan fingerprint density at radius 3 is 2.52 bits per heavy atom. The van der Waals surface area contributed by atoms with Crippen molar-refractivity contribution in [3.8, 4) is 0 Å². The van der Waals surface area contributed by atoms with Crippen LogP contribution in [0.1, 0.15) is 36.6 Å². The molecule has 1 amide bonds. The molecule has 3 heterocycles. The van der Waals surface area contributed by atoms with Crippen LogP contribution in [0.5, 0.6) is 0 Å². The van der Waals surface area contributed by atoms with E-state index < -0.39 is 0 Å². The molecule has 25 heavy (non-hydrogen) atoms. The molecule has 0 saturated carbocycles. The summed E-state index contributed by atoms with van der Waals surface area (Å²) in [5.41, 5.74) is 1.18. The minimum atomic E-state index is 0.0206. The fraction of sp³-hybridized carbons (Fsp3) is 0.500. The van der Waals surface area contributed by atoms with E-state index in [2.05, 4.69) is 26.6 Å². The number of carbonyl (C=O) groups excluding carboxylic acids is 1. The fourth-order valence-corrected chi connectivity index (χ4v) is 4.43. The van der Waals surface area contributed by atoms with Gasteiger partial charge in [-0.3, -0.25) is 9.69 Å². The number of likely N-dealkylation sites (tertiary alicyclic amines) is 2. The molecule has 2 aromatic rings. The van der Waals surface area contributed by atoms with E-state index in [4.69, 9.17) is 0 Å². The molecule has 5 heteroatoms. The standard InChI is InChI=1S/C20H26N4O/c1-22-13-10-21-18(22)15-24-11-8-20(9-12-24)14-17(19(25)23(20)2)16-6-4-3-5-7-16/h3-7,10,13,17H,8-9,11-12,14-15H2,1-2H3. The van der Waals surface area contributed by atoms with Gasteiger partial charge in [-0.25, -0.2) is 4.98 Å². The fourth-order valence-electron chi connectivity index (χ4n) is 4.43. The summed E-state index contributed by atoms with van der Waals surface area (Å²) in [6.45, 7) is 2.93. The Kier molecular flexibility index (Phi) is 4.12. The van der Waals surface area contributed by atoms with Crippen molar-refractivity contribution in [2.45, 2.75) is 37.3 Å². The van der Waals surface area contributed by atoms with Gasteiger partial charge in [0.2, 0.25) is 5.91 Å². The van der Waals surface area contributed by atoms with Gasteiger partial charge in [-0.05, 0) is 24.8 Å². The zero-order valence-electron chi connectivity index (χ0n) is 15.1. The number of imidazole rings is 1. The lowest BCUT2D eigenvalue weighted by atomic mass is 9.81. The van der Waals surface area contributed by atoms with E-state index in [9.17, 15) is 4.79 Å². The van der Waals surface area contributed by atoms with Crippen molar-refractivity contribution in [1.82, 2.24) is 19.4 Å². The highest BCUT2D eigenvalue weighted by Crippen LogP contribution is 2.44. The highest BCUT2D eigenvalue weighted by atomic mass is 16.2. The van der Waals surface area contributed by atoms with Crippen LogP contribution < -0.4 is 0 Å². The Labute approximate surface area is 149 Å². The van der Waals surface area contributed by atoms with Crippen LogP contribution in [0.15, 0.2) is 42.7 Å². The zero-order valence-corrected chi connectivity index (χ0v) is 15.1. The number of amides is 1. The van der Waals surface area contributed by atoms with Crippen molar-refractivity contribution in [3.05, 3.63) is 54.1 Å². The van der Waals surface area contributed by atoms with Gasteiger partial charge in [-0.15, -0.1) is 0 Å². The number of hydrogen-bond acceptors (Lipinski definition) is 3. The van der Waals surface area contributed by atoms with E-state index in [0.29, 0.717) is 0 Å². The van der Waals surface area contributed by atoms with Gasteiger partial charge in [0, 0.05) is 45.1 Å². The third-order valence-corrected chi connectivity index (χ3v) is 6.20. The third-order valence-electron chi connectivity index (χ3n) is 6.20. The van der Waals surface area contributed by atoms with Crippen molar-refractivity contribution < 1.29 is 4.79 Å². The molecule has 0 bridgehead atoms. The van der Waals surface area contributed by atoms with Crippen molar-refractivity contribution >= 4 is 5.91 Å². The highest BCUT2D eigenvalue weighted by Gasteiger charge is 2.50. The lowest BCUT2D eigenvalue weighted by Gasteiger charge is -2.43. The summed E-state index contributed by atoms with van der Waals surface area (Å²) in [6.07, 6.45) is 6.89. The van der Waals surface area contributed by atoms with Crippen LogP contribution in [0.4, 0.5) is 0 Å². The number of benzene rings is 1. The Balaban J connectivity index is 1.45. The Bertz CT molecular complexity index is 746. The van der Waals surface area contributed by atoms with Gasteiger partial charge < -0.3 is 9.47 Å². The molecule has 2 saturated heterocycles. The molecule has 1 aromatic heterocycles. The molecule has 2 aliphatic heterocycles. The van der Waals surface area contributed by atoms with Crippen molar-refractivity contribution in [3.63, 3.8) is 0 Å². The largest absolute Gasteiger partial charge is 0.339 e. The minimum absolute atomic E-state index is 0.0206. The van der Waals surface area contributed by atoms with Crippen molar-refractivity contribution in [2.75, 3.05) is 20.1 Å². The molecule has 1 atom stereocenters. The molecule has 2 fully saturated rings. The van der Waals surface area contributed by atoms with Crippen LogP contribution >= 0.6 is 0 Å². The van der Waals surface area contributed by atoms with Gasteiger partial charge in [-0.1, -0.05) is 30.3 Å². The number of piperidine rings is 1. The second-order valence-corrected chi connectivity index (χ2v) is 7.52. The predicted octanol–water partition coefficient (Wildman–Crippen LogP) is 2.40. The molecule has 132 valence electrons. The van der Waals surface area contributed by atoms with E-state index >= 15 is 0 Å². The van der Waals surface area contributed by atoms with Crippen LogP contribution in [0.25, 0.3) is 0 Å². The molecule has 4 rings (SSSR count). The highest BCUT2D eigenvalue weighted by molar-refractivity contribution is 5.87. The SMILES string of the molecule is CN1C(=O)C(c2ccccc2)CC12CCN(Cc1nccn1C)CC2. The second-order valence-electron chi connectivity index (χ2n) is 7.52. The summed E-state index contributed by atoms with van der Waals surface area (Å²) in [7, 11) is 4.04. The lowest BCUT2D eigenvalue weighted by Crippen LogP contribution is -2.51. The maximum absolute atomic E-state index is 12.9. The van der Waals surface area contributed by atoms with Gasteiger partial charge in [0.15, 0.2) is 0 Å². The minimum Gasteiger partial charge on any atom is -0.339 e. The molecule has 5 nitrogen and oxygen atoms in total. The molecule has 1 aromatic carbocycles. The van der Waals surface area contributed by atoms with Gasteiger partial charge in [0.1, 0.15) is 5.82 Å². The number of carbonyl (C=O) groups is 1. The lowest BCUT2D eigenvalue weighted by molar-refractivity contribution is -0.131. The summed E-state index contributed by atoms with van der Waals surface area (Å²) in [4.78, 5) is 21.8. The summed E-state index contributed by atoms with van der Waals surface area (Å²) in [5, 5.41) is 0. The van der Waals surface area contributed by atoms with Crippen molar-refractivity contribution in [2.24, 2.45) is 7.05 Å². The maximum Gasteiger partial charge on any atom is 0.230 e. The molecule has 1 spiro atoms. The number of aromatic nitrogens is 2. The summed E-state index contributed by atoms with van der Waals surface area (Å²) in [6, 6.07) is 10.3. The third kappa shape index (κ3) is 2.86. The number of nitrogens with zero attached hydrogens (tertiary/aromatic N) is 4. The van der Waals surface area contributed by atoms with Crippen LogP contribution in [-0.4, -0.2) is 50.9 Å². The smallest absolute Gasteiger partial charge is 0.230 e. The Morgan fingerprint density at radius 1 is 1.16 bits per heavy atom.